The van der Waals surface area contributed by atoms with Crippen molar-refractivity contribution in [3.8, 4) is 0 Å². The molecule has 0 aliphatic heterocycles. The molecule has 5 nitrogen and oxygen atoms in total. The molecule has 3 rings (SSSR count). The van der Waals surface area contributed by atoms with E-state index in [1.165, 1.54) is 12.1 Å². The summed E-state index contributed by atoms with van der Waals surface area (Å²) >= 11 is 0. The average Bonchev–Trinajstić information content (AvgIpc) is 3.30. The minimum atomic E-state index is -0.632. The predicted molar refractivity (Wildman–Crippen MR) is 89.7 cm³/mol. The Kier molecular flexibility index (Phi) is 5.26. The van der Waals surface area contributed by atoms with Crippen LogP contribution in [0.1, 0.15) is 44.2 Å². The second-order valence-electron chi connectivity index (χ2n) is 6.98. The number of aromatic nitrogens is 3. The first-order valence-electron chi connectivity index (χ1n) is 8.57. The summed E-state index contributed by atoms with van der Waals surface area (Å²) in [6.07, 6.45) is 3.26. The third kappa shape index (κ3) is 4.39. The fraction of sp³-hybridized carbons (Fsp3) is 0.556. The van der Waals surface area contributed by atoms with Gasteiger partial charge in [-0.05, 0) is 36.5 Å². The Hall–Kier alpha value is -1.79. The van der Waals surface area contributed by atoms with Gasteiger partial charge in [0.25, 0.3) is 0 Å². The summed E-state index contributed by atoms with van der Waals surface area (Å²) in [6.45, 7) is 6.35. The molecule has 24 heavy (non-hydrogen) atoms. The minimum absolute atomic E-state index is 0.285. The molecule has 1 atom stereocenters. The highest BCUT2D eigenvalue weighted by Gasteiger charge is 2.31. The van der Waals surface area contributed by atoms with Gasteiger partial charge in [-0.1, -0.05) is 26.0 Å². The predicted octanol–water partition coefficient (Wildman–Crippen LogP) is 2.77. The molecule has 1 aromatic carbocycles. The summed E-state index contributed by atoms with van der Waals surface area (Å²) in [5.74, 6) is 1.15. The maximum absolute atomic E-state index is 13.0. The van der Waals surface area contributed by atoms with Crippen molar-refractivity contribution in [2.45, 2.75) is 51.9 Å². The summed E-state index contributed by atoms with van der Waals surface area (Å²) in [4.78, 5) is 6.65. The monoisotopic (exact) mass is 332 g/mol. The molecule has 1 fully saturated rings. The Morgan fingerprint density at radius 3 is 2.62 bits per heavy atom. The van der Waals surface area contributed by atoms with Crippen LogP contribution in [0.15, 0.2) is 30.6 Å². The summed E-state index contributed by atoms with van der Waals surface area (Å²) in [6, 6.07) is 6.56. The largest absolute Gasteiger partial charge is 0.387 e. The first-order valence-corrected chi connectivity index (χ1v) is 8.57. The van der Waals surface area contributed by atoms with E-state index < -0.39 is 6.10 Å². The first kappa shape index (κ1) is 17.0. The Morgan fingerprint density at radius 1 is 1.29 bits per heavy atom. The van der Waals surface area contributed by atoms with E-state index in [2.05, 4.69) is 28.8 Å². The van der Waals surface area contributed by atoms with Gasteiger partial charge in [0, 0.05) is 19.1 Å². The molecule has 0 saturated heterocycles. The molecule has 0 bridgehead atoms. The van der Waals surface area contributed by atoms with E-state index in [0.29, 0.717) is 25.0 Å². The normalized spacial score (nSPS) is 16.1. The van der Waals surface area contributed by atoms with Gasteiger partial charge in [-0.2, -0.15) is 5.10 Å². The molecular formula is C18H25FN4O. The zero-order valence-corrected chi connectivity index (χ0v) is 14.3. The molecular weight excluding hydrogens is 307 g/mol. The number of benzene rings is 1. The molecule has 130 valence electrons. The van der Waals surface area contributed by atoms with Crippen LogP contribution in [0.5, 0.6) is 0 Å². The van der Waals surface area contributed by atoms with Gasteiger partial charge in [0.2, 0.25) is 0 Å². The van der Waals surface area contributed by atoms with E-state index in [9.17, 15) is 9.50 Å². The quantitative estimate of drug-likeness (QED) is 0.808. The van der Waals surface area contributed by atoms with Crippen molar-refractivity contribution in [2.75, 3.05) is 6.54 Å². The highest BCUT2D eigenvalue weighted by molar-refractivity contribution is 5.19. The smallest absolute Gasteiger partial charge is 0.141 e. The lowest BCUT2D eigenvalue weighted by Gasteiger charge is -2.25. The SMILES string of the molecule is CC(C)Cn1ncnc1CN(CC(O)c1ccc(F)cc1)C1CC1. The number of hydrogen-bond acceptors (Lipinski definition) is 4. The van der Waals surface area contributed by atoms with E-state index in [1.54, 1.807) is 18.5 Å². The zero-order chi connectivity index (χ0) is 17.1. The lowest BCUT2D eigenvalue weighted by molar-refractivity contribution is 0.102. The number of aliphatic hydroxyl groups excluding tert-OH is 1. The summed E-state index contributed by atoms with van der Waals surface area (Å²) in [5.41, 5.74) is 0.741. The topological polar surface area (TPSA) is 54.2 Å². The third-order valence-corrected chi connectivity index (χ3v) is 4.30. The lowest BCUT2D eigenvalue weighted by atomic mass is 10.1. The number of halogens is 1. The maximum Gasteiger partial charge on any atom is 0.141 e. The molecule has 6 heteroatoms. The zero-order valence-electron chi connectivity index (χ0n) is 14.3. The molecule has 1 unspecified atom stereocenters. The van der Waals surface area contributed by atoms with E-state index in [-0.39, 0.29) is 5.82 Å². The maximum atomic E-state index is 13.0. The molecule has 1 saturated carbocycles. The Morgan fingerprint density at radius 2 is 2.00 bits per heavy atom. The fourth-order valence-corrected chi connectivity index (χ4v) is 2.89. The third-order valence-electron chi connectivity index (χ3n) is 4.30. The van der Waals surface area contributed by atoms with Crippen molar-refractivity contribution in [1.29, 1.82) is 0 Å². The summed E-state index contributed by atoms with van der Waals surface area (Å²) in [7, 11) is 0. The van der Waals surface area contributed by atoms with Crippen molar-refractivity contribution in [1.82, 2.24) is 19.7 Å². The highest BCUT2D eigenvalue weighted by Crippen LogP contribution is 2.30. The van der Waals surface area contributed by atoms with Crippen molar-refractivity contribution in [2.24, 2.45) is 5.92 Å². The van der Waals surface area contributed by atoms with E-state index in [4.69, 9.17) is 0 Å². The van der Waals surface area contributed by atoms with Crippen LogP contribution < -0.4 is 0 Å². The summed E-state index contributed by atoms with van der Waals surface area (Å²) in [5, 5.41) is 14.8. The molecule has 1 aromatic heterocycles. The molecule has 0 radical (unpaired) electrons. The number of aliphatic hydroxyl groups is 1. The molecule has 1 aliphatic carbocycles. The van der Waals surface area contributed by atoms with E-state index in [0.717, 1.165) is 30.8 Å². The van der Waals surface area contributed by atoms with Crippen LogP contribution in [0.3, 0.4) is 0 Å². The van der Waals surface area contributed by atoms with Crippen LogP contribution in [0.25, 0.3) is 0 Å². The number of rotatable bonds is 8. The van der Waals surface area contributed by atoms with Gasteiger partial charge in [-0.25, -0.2) is 14.1 Å². The molecule has 0 amide bonds. The van der Waals surface area contributed by atoms with Crippen molar-refractivity contribution >= 4 is 0 Å². The van der Waals surface area contributed by atoms with Gasteiger partial charge in [-0.3, -0.25) is 4.90 Å². The van der Waals surface area contributed by atoms with Crippen LogP contribution in [-0.2, 0) is 13.1 Å². The van der Waals surface area contributed by atoms with Gasteiger partial charge in [0.05, 0.1) is 12.6 Å². The Labute approximate surface area is 142 Å². The standard InChI is InChI=1S/C18H25FN4O/c1-13(2)9-23-18(20-12-21-23)11-22(16-7-8-16)10-17(24)14-3-5-15(19)6-4-14/h3-6,12-13,16-17,24H,7-11H2,1-2H3. The van der Waals surface area contributed by atoms with Crippen molar-refractivity contribution in [3.05, 3.63) is 47.8 Å². The second kappa shape index (κ2) is 7.40. The summed E-state index contributed by atoms with van der Waals surface area (Å²) < 4.78 is 15.0. The van der Waals surface area contributed by atoms with Gasteiger partial charge < -0.3 is 5.11 Å². The van der Waals surface area contributed by atoms with Crippen molar-refractivity contribution in [3.63, 3.8) is 0 Å². The van der Waals surface area contributed by atoms with Gasteiger partial charge in [0.1, 0.15) is 18.0 Å². The Balaban J connectivity index is 1.67. The van der Waals surface area contributed by atoms with Crippen LogP contribution in [0.2, 0.25) is 0 Å². The number of nitrogens with zero attached hydrogens (tertiary/aromatic N) is 4. The lowest BCUT2D eigenvalue weighted by Crippen LogP contribution is -2.32. The van der Waals surface area contributed by atoms with E-state index >= 15 is 0 Å². The molecule has 1 aliphatic rings. The van der Waals surface area contributed by atoms with Crippen LogP contribution in [0.4, 0.5) is 4.39 Å². The van der Waals surface area contributed by atoms with Gasteiger partial charge >= 0.3 is 0 Å². The second-order valence-corrected chi connectivity index (χ2v) is 6.98. The van der Waals surface area contributed by atoms with Crippen molar-refractivity contribution < 1.29 is 9.50 Å². The first-order chi connectivity index (χ1) is 11.5. The molecule has 1 heterocycles. The van der Waals surface area contributed by atoms with Gasteiger partial charge in [-0.15, -0.1) is 0 Å². The molecule has 2 aromatic rings. The van der Waals surface area contributed by atoms with Crippen LogP contribution >= 0.6 is 0 Å². The van der Waals surface area contributed by atoms with Crippen LogP contribution in [-0.4, -0.2) is 37.4 Å². The van der Waals surface area contributed by atoms with Gasteiger partial charge in [0.15, 0.2) is 0 Å². The average molecular weight is 332 g/mol. The number of hydrogen-bond donors (Lipinski definition) is 1. The Bertz CT molecular complexity index is 651. The molecule has 0 spiro atoms. The minimum Gasteiger partial charge on any atom is -0.387 e. The molecule has 1 N–H and O–H groups in total. The van der Waals surface area contributed by atoms with E-state index in [1.807, 2.05) is 4.68 Å². The van der Waals surface area contributed by atoms with Crippen LogP contribution in [0, 0.1) is 11.7 Å². The highest BCUT2D eigenvalue weighted by atomic mass is 19.1. The fourth-order valence-electron chi connectivity index (χ4n) is 2.89.